The third-order valence-electron chi connectivity index (χ3n) is 6.39. The van der Waals surface area contributed by atoms with Gasteiger partial charge in [0.15, 0.2) is 0 Å². The lowest BCUT2D eigenvalue weighted by Gasteiger charge is -2.34. The maximum Gasteiger partial charge on any atom is 0.246 e. The van der Waals surface area contributed by atoms with Crippen molar-refractivity contribution in [1.29, 1.82) is 0 Å². The molecular weight excluding hydrogens is 391 g/mol. The van der Waals surface area contributed by atoms with Crippen LogP contribution in [0.1, 0.15) is 36.8 Å². The van der Waals surface area contributed by atoms with Crippen LogP contribution in [0.2, 0.25) is 0 Å². The second-order valence-corrected chi connectivity index (χ2v) is 8.51. The number of likely N-dealkylation sites (tertiary alicyclic amines) is 2. The smallest absolute Gasteiger partial charge is 0.246 e. The van der Waals surface area contributed by atoms with Crippen LogP contribution in [0, 0.1) is 11.7 Å². The second-order valence-electron chi connectivity index (χ2n) is 8.51. The first-order valence-corrected chi connectivity index (χ1v) is 11.2. The van der Waals surface area contributed by atoms with Crippen molar-refractivity contribution >= 4 is 17.9 Å². The van der Waals surface area contributed by atoms with Crippen LogP contribution in [0.4, 0.5) is 4.39 Å². The molecule has 0 radical (unpaired) electrons. The topological polar surface area (TPSA) is 40.6 Å². The van der Waals surface area contributed by atoms with E-state index in [9.17, 15) is 14.0 Å². The Morgan fingerprint density at radius 1 is 0.968 bits per heavy atom. The van der Waals surface area contributed by atoms with Gasteiger partial charge >= 0.3 is 0 Å². The van der Waals surface area contributed by atoms with Gasteiger partial charge in [0.2, 0.25) is 11.8 Å². The zero-order valence-electron chi connectivity index (χ0n) is 17.8. The number of piperidine rings is 1. The first-order chi connectivity index (χ1) is 15.1. The van der Waals surface area contributed by atoms with Crippen LogP contribution in [0.25, 0.3) is 6.08 Å². The number of hydrogen-bond acceptors (Lipinski definition) is 2. The van der Waals surface area contributed by atoms with Crippen LogP contribution in [-0.2, 0) is 16.0 Å². The number of rotatable bonds is 5. The first-order valence-electron chi connectivity index (χ1n) is 11.2. The summed E-state index contributed by atoms with van der Waals surface area (Å²) in [5.74, 6) is -0.0623. The Labute approximate surface area is 183 Å². The third kappa shape index (κ3) is 5.40. The quantitative estimate of drug-likeness (QED) is 0.677. The van der Waals surface area contributed by atoms with Crippen molar-refractivity contribution < 1.29 is 14.0 Å². The molecule has 2 amide bonds. The largest absolute Gasteiger partial charge is 0.339 e. The molecule has 4 rings (SSSR count). The van der Waals surface area contributed by atoms with Crippen molar-refractivity contribution in [2.45, 2.75) is 38.1 Å². The van der Waals surface area contributed by atoms with E-state index in [0.29, 0.717) is 32.4 Å². The summed E-state index contributed by atoms with van der Waals surface area (Å²) in [5, 5.41) is 0. The van der Waals surface area contributed by atoms with Gasteiger partial charge in [0.1, 0.15) is 5.82 Å². The van der Waals surface area contributed by atoms with E-state index in [2.05, 4.69) is 0 Å². The fraction of sp³-hybridized carbons (Fsp3) is 0.385. The number of carbonyl (C=O) groups excluding carboxylic acids is 2. The Kier molecular flexibility index (Phi) is 6.80. The maximum atomic E-state index is 13.5. The number of hydrogen-bond donors (Lipinski definition) is 0. The molecule has 2 fully saturated rings. The molecule has 2 saturated heterocycles. The minimum absolute atomic E-state index is 0.0000877. The minimum atomic E-state index is -0.230. The van der Waals surface area contributed by atoms with Crippen molar-refractivity contribution in [3.05, 3.63) is 77.6 Å². The zero-order chi connectivity index (χ0) is 21.6. The molecule has 162 valence electrons. The molecular formula is C26H29FN2O2. The average molecular weight is 421 g/mol. The highest BCUT2D eigenvalue weighted by atomic mass is 19.1. The minimum Gasteiger partial charge on any atom is -0.339 e. The number of nitrogens with zero attached hydrogens (tertiary/aromatic N) is 2. The van der Waals surface area contributed by atoms with Gasteiger partial charge in [0.05, 0.1) is 0 Å². The molecule has 31 heavy (non-hydrogen) atoms. The molecule has 2 aliphatic heterocycles. The van der Waals surface area contributed by atoms with Gasteiger partial charge in [-0.15, -0.1) is 0 Å². The first kappa shape index (κ1) is 21.3. The number of carbonyl (C=O) groups is 2. The third-order valence-corrected chi connectivity index (χ3v) is 6.39. The lowest BCUT2D eigenvalue weighted by Crippen LogP contribution is -2.45. The van der Waals surface area contributed by atoms with Gasteiger partial charge in [-0.25, -0.2) is 4.39 Å². The number of halogens is 1. The highest BCUT2D eigenvalue weighted by Gasteiger charge is 2.35. The molecule has 2 aliphatic rings. The van der Waals surface area contributed by atoms with E-state index < -0.39 is 0 Å². The van der Waals surface area contributed by atoms with E-state index in [1.165, 1.54) is 6.07 Å². The Morgan fingerprint density at radius 2 is 1.74 bits per heavy atom. The van der Waals surface area contributed by atoms with Gasteiger partial charge in [-0.1, -0.05) is 42.5 Å². The van der Waals surface area contributed by atoms with Gasteiger partial charge in [-0.05, 0) is 61.4 Å². The Hall–Kier alpha value is -2.95. The normalized spacial score (nSPS) is 19.8. The lowest BCUT2D eigenvalue weighted by atomic mass is 9.94. The highest BCUT2D eigenvalue weighted by molar-refractivity contribution is 5.92. The highest BCUT2D eigenvalue weighted by Crippen LogP contribution is 2.27. The number of amides is 2. The molecule has 0 saturated carbocycles. The molecule has 2 aromatic rings. The molecule has 0 unspecified atom stereocenters. The van der Waals surface area contributed by atoms with Crippen LogP contribution in [0.3, 0.4) is 0 Å². The van der Waals surface area contributed by atoms with Crippen LogP contribution < -0.4 is 0 Å². The van der Waals surface area contributed by atoms with Crippen molar-refractivity contribution in [2.75, 3.05) is 19.6 Å². The van der Waals surface area contributed by atoms with Crippen LogP contribution in [0.15, 0.2) is 60.7 Å². The molecule has 0 spiro atoms. The van der Waals surface area contributed by atoms with Crippen molar-refractivity contribution in [1.82, 2.24) is 9.80 Å². The Balaban J connectivity index is 1.30. The predicted octanol–water partition coefficient (Wildman–Crippen LogP) is 4.31. The van der Waals surface area contributed by atoms with E-state index >= 15 is 0 Å². The van der Waals surface area contributed by atoms with Crippen molar-refractivity contribution in [3.63, 3.8) is 0 Å². The molecule has 2 aromatic carbocycles. The summed E-state index contributed by atoms with van der Waals surface area (Å²) in [5.41, 5.74) is 1.94. The fourth-order valence-corrected chi connectivity index (χ4v) is 4.69. The number of benzene rings is 2. The standard InChI is InChI=1S/C26H29FN2O2/c27-23-9-4-8-21(18-23)19-24-10-5-15-29(24)26(31)22-13-16-28(17-14-22)25(30)12-11-20-6-2-1-3-7-20/h1-4,6-9,11-12,18,22,24H,5,10,13-17,19H2/b12-11-/t24-/m0/s1. The fourth-order valence-electron chi connectivity index (χ4n) is 4.69. The zero-order valence-corrected chi connectivity index (χ0v) is 17.8. The van der Waals surface area contributed by atoms with Crippen LogP contribution in [0.5, 0.6) is 0 Å². The van der Waals surface area contributed by atoms with E-state index in [4.69, 9.17) is 0 Å². The van der Waals surface area contributed by atoms with E-state index in [1.54, 1.807) is 18.2 Å². The van der Waals surface area contributed by atoms with E-state index in [-0.39, 0.29) is 29.6 Å². The summed E-state index contributed by atoms with van der Waals surface area (Å²) in [4.78, 5) is 29.5. The summed E-state index contributed by atoms with van der Waals surface area (Å²) < 4.78 is 13.5. The van der Waals surface area contributed by atoms with Gasteiger partial charge in [0, 0.05) is 37.7 Å². The molecule has 2 heterocycles. The van der Waals surface area contributed by atoms with Crippen LogP contribution >= 0.6 is 0 Å². The summed E-state index contributed by atoms with van der Waals surface area (Å²) in [6.45, 7) is 1.99. The van der Waals surface area contributed by atoms with Gasteiger partial charge in [-0.3, -0.25) is 9.59 Å². The summed E-state index contributed by atoms with van der Waals surface area (Å²) in [6, 6.07) is 16.6. The molecule has 0 aromatic heterocycles. The maximum absolute atomic E-state index is 13.5. The summed E-state index contributed by atoms with van der Waals surface area (Å²) in [7, 11) is 0. The summed E-state index contributed by atoms with van der Waals surface area (Å²) >= 11 is 0. The van der Waals surface area contributed by atoms with Gasteiger partial charge < -0.3 is 9.80 Å². The monoisotopic (exact) mass is 420 g/mol. The van der Waals surface area contributed by atoms with E-state index in [0.717, 1.165) is 30.5 Å². The molecule has 4 nitrogen and oxygen atoms in total. The van der Waals surface area contributed by atoms with Gasteiger partial charge in [0.25, 0.3) is 0 Å². The second kappa shape index (κ2) is 9.90. The molecule has 0 N–H and O–H groups in total. The van der Waals surface area contributed by atoms with Gasteiger partial charge in [-0.2, -0.15) is 0 Å². The van der Waals surface area contributed by atoms with Crippen molar-refractivity contribution in [2.24, 2.45) is 5.92 Å². The predicted molar refractivity (Wildman–Crippen MR) is 120 cm³/mol. The van der Waals surface area contributed by atoms with Crippen molar-refractivity contribution in [3.8, 4) is 0 Å². The molecule has 0 bridgehead atoms. The van der Waals surface area contributed by atoms with E-state index in [1.807, 2.05) is 52.3 Å². The SMILES string of the molecule is O=C(/C=C\c1ccccc1)N1CCC(C(=O)N2CCC[C@H]2Cc2cccc(F)c2)CC1. The summed E-state index contributed by atoms with van der Waals surface area (Å²) in [6.07, 6.45) is 7.51. The average Bonchev–Trinajstić information content (AvgIpc) is 3.26. The molecule has 0 aliphatic carbocycles. The lowest BCUT2D eigenvalue weighted by molar-refractivity contribution is -0.140. The molecule has 5 heteroatoms. The Bertz CT molecular complexity index is 935. The molecule has 1 atom stereocenters. The Morgan fingerprint density at radius 3 is 2.48 bits per heavy atom. The van der Waals surface area contributed by atoms with Crippen LogP contribution in [-0.4, -0.2) is 47.3 Å².